The summed E-state index contributed by atoms with van der Waals surface area (Å²) >= 11 is 3.47. The predicted octanol–water partition coefficient (Wildman–Crippen LogP) is 6.34. The molecule has 0 saturated heterocycles. The highest BCUT2D eigenvalue weighted by atomic mass is 79.9. The molecule has 0 spiro atoms. The molecule has 5 rings (SSSR count). The molecule has 1 atom stereocenters. The number of halogens is 1. The molecular weight excluding hydrogens is 638 g/mol. The van der Waals surface area contributed by atoms with Crippen LogP contribution in [0.1, 0.15) is 36.8 Å². The van der Waals surface area contributed by atoms with E-state index in [1.165, 1.54) is 17.0 Å². The molecule has 4 aromatic carbocycles. The molecule has 1 aliphatic carbocycles. The minimum Gasteiger partial charge on any atom is -0.352 e. The molecule has 1 saturated carbocycles. The Morgan fingerprint density at radius 2 is 1.34 bits per heavy atom. The smallest absolute Gasteiger partial charge is 0.264 e. The van der Waals surface area contributed by atoms with Gasteiger partial charge >= 0.3 is 0 Å². The van der Waals surface area contributed by atoms with Gasteiger partial charge in [-0.15, -0.1) is 0 Å². The highest BCUT2D eigenvalue weighted by molar-refractivity contribution is 9.10. The minimum absolute atomic E-state index is 0.0599. The van der Waals surface area contributed by atoms with Gasteiger partial charge in [0.05, 0.1) is 10.6 Å². The van der Waals surface area contributed by atoms with Crippen molar-refractivity contribution >= 4 is 43.5 Å². The Kier molecular flexibility index (Phi) is 10.5. The van der Waals surface area contributed by atoms with Crippen LogP contribution in [0.2, 0.25) is 0 Å². The fourth-order valence-corrected chi connectivity index (χ4v) is 7.25. The number of rotatable bonds is 12. The third-order valence-electron chi connectivity index (χ3n) is 7.89. The Bertz CT molecular complexity index is 1630. The maximum absolute atomic E-state index is 14.5. The Morgan fingerprint density at radius 3 is 1.95 bits per heavy atom. The molecule has 0 aromatic heterocycles. The highest BCUT2D eigenvalue weighted by Crippen LogP contribution is 2.25. The van der Waals surface area contributed by atoms with Crippen molar-refractivity contribution in [2.45, 2.75) is 55.6 Å². The lowest BCUT2D eigenvalue weighted by Gasteiger charge is -2.34. The average Bonchev–Trinajstić information content (AvgIpc) is 3.56. The highest BCUT2D eigenvalue weighted by Gasteiger charge is 2.35. The first kappa shape index (κ1) is 31.5. The normalized spacial score (nSPS) is 14.1. The molecule has 0 aliphatic heterocycles. The van der Waals surface area contributed by atoms with Crippen LogP contribution < -0.4 is 9.62 Å². The van der Waals surface area contributed by atoms with Crippen LogP contribution in [0.3, 0.4) is 0 Å². The fourth-order valence-electron chi connectivity index (χ4n) is 5.55. The number of hydrogen-bond donors (Lipinski definition) is 1. The Morgan fingerprint density at radius 1 is 0.773 bits per heavy atom. The third kappa shape index (κ3) is 7.95. The van der Waals surface area contributed by atoms with E-state index in [1.54, 1.807) is 48.5 Å². The number of hydrogen-bond acceptors (Lipinski definition) is 4. The number of carbonyl (C=O) groups is 2. The molecule has 4 aromatic rings. The summed E-state index contributed by atoms with van der Waals surface area (Å²) in [7, 11) is -4.11. The van der Waals surface area contributed by atoms with E-state index in [-0.39, 0.29) is 23.4 Å². The maximum atomic E-state index is 14.5. The van der Waals surface area contributed by atoms with Gasteiger partial charge in [0.1, 0.15) is 12.6 Å². The summed E-state index contributed by atoms with van der Waals surface area (Å²) in [6.45, 7) is -0.338. The second-order valence-corrected chi connectivity index (χ2v) is 13.8. The molecular formula is C35H36BrN3O4S. The number of para-hydroxylation sites is 1. The van der Waals surface area contributed by atoms with Crippen molar-refractivity contribution < 1.29 is 18.0 Å². The minimum atomic E-state index is -4.11. The number of carbonyl (C=O) groups excluding carboxylic acids is 2. The number of nitrogens with zero attached hydrogens (tertiary/aromatic N) is 2. The molecule has 0 heterocycles. The quantitative estimate of drug-likeness (QED) is 0.190. The fraction of sp³-hybridized carbons (Fsp3) is 0.257. The zero-order valence-corrected chi connectivity index (χ0v) is 26.8. The molecule has 9 heteroatoms. The molecule has 1 N–H and O–H groups in total. The predicted molar refractivity (Wildman–Crippen MR) is 176 cm³/mol. The molecule has 0 bridgehead atoms. The van der Waals surface area contributed by atoms with Crippen molar-refractivity contribution in [1.82, 2.24) is 10.2 Å². The summed E-state index contributed by atoms with van der Waals surface area (Å²) in [5, 5.41) is 3.20. The molecule has 2 amide bonds. The van der Waals surface area contributed by atoms with Crippen molar-refractivity contribution in [2.75, 3.05) is 10.8 Å². The number of amides is 2. The molecule has 1 aliphatic rings. The van der Waals surface area contributed by atoms with E-state index >= 15 is 0 Å². The lowest BCUT2D eigenvalue weighted by atomic mass is 10.0. The zero-order chi connectivity index (χ0) is 30.9. The molecule has 1 fully saturated rings. The van der Waals surface area contributed by atoms with Gasteiger partial charge in [0.15, 0.2) is 0 Å². The second kappa shape index (κ2) is 14.7. The van der Waals surface area contributed by atoms with E-state index in [4.69, 9.17) is 0 Å². The monoisotopic (exact) mass is 673 g/mol. The van der Waals surface area contributed by atoms with Gasteiger partial charge in [-0.25, -0.2) is 8.42 Å². The van der Waals surface area contributed by atoms with Crippen molar-refractivity contribution in [3.63, 3.8) is 0 Å². The summed E-state index contributed by atoms with van der Waals surface area (Å²) in [4.78, 5) is 30.1. The van der Waals surface area contributed by atoms with Gasteiger partial charge in [-0.05, 0) is 60.4 Å². The van der Waals surface area contributed by atoms with Gasteiger partial charge in [0.25, 0.3) is 10.0 Å². The molecule has 1 unspecified atom stereocenters. The van der Waals surface area contributed by atoms with Crippen LogP contribution in [0.5, 0.6) is 0 Å². The van der Waals surface area contributed by atoms with E-state index in [0.717, 1.165) is 45.6 Å². The Labute approximate surface area is 268 Å². The van der Waals surface area contributed by atoms with Crippen LogP contribution in [-0.2, 0) is 32.6 Å². The summed E-state index contributed by atoms with van der Waals surface area (Å²) in [6.07, 6.45) is 4.21. The van der Waals surface area contributed by atoms with Crippen molar-refractivity contribution in [2.24, 2.45) is 0 Å². The van der Waals surface area contributed by atoms with Gasteiger partial charge in [0.2, 0.25) is 11.8 Å². The van der Waals surface area contributed by atoms with Crippen LogP contribution in [0, 0.1) is 0 Å². The SMILES string of the molecule is O=C(NC1CCCC1)C(Cc1ccccc1)N(Cc1ccc(Br)cc1)C(=O)CN(c1ccccc1)S(=O)(=O)c1ccccc1. The molecule has 228 valence electrons. The van der Waals surface area contributed by atoms with Gasteiger partial charge in [-0.1, -0.05) is 108 Å². The number of benzene rings is 4. The molecule has 7 nitrogen and oxygen atoms in total. The third-order valence-corrected chi connectivity index (χ3v) is 10.2. The lowest BCUT2D eigenvalue weighted by molar-refractivity contribution is -0.140. The lowest BCUT2D eigenvalue weighted by Crippen LogP contribution is -2.54. The average molecular weight is 675 g/mol. The zero-order valence-electron chi connectivity index (χ0n) is 24.4. The summed E-state index contributed by atoms with van der Waals surface area (Å²) in [5.41, 5.74) is 2.10. The first-order valence-corrected chi connectivity index (χ1v) is 17.1. The van der Waals surface area contributed by atoms with E-state index in [2.05, 4.69) is 21.2 Å². The number of anilines is 1. The topological polar surface area (TPSA) is 86.8 Å². The second-order valence-electron chi connectivity index (χ2n) is 11.0. The summed E-state index contributed by atoms with van der Waals surface area (Å²) in [6, 6.07) is 33.1. The Balaban J connectivity index is 1.54. The maximum Gasteiger partial charge on any atom is 0.264 e. The van der Waals surface area contributed by atoms with Crippen LogP contribution >= 0.6 is 15.9 Å². The van der Waals surface area contributed by atoms with Crippen LogP contribution in [0.15, 0.2) is 125 Å². The van der Waals surface area contributed by atoms with E-state index in [1.807, 2.05) is 54.6 Å². The molecule has 0 radical (unpaired) electrons. The van der Waals surface area contributed by atoms with Gasteiger partial charge in [-0.2, -0.15) is 0 Å². The standard InChI is InChI=1S/C35H36BrN3O4S/c36-29-22-20-28(21-23-29)25-38(33(24-27-12-4-1-5-13-27)35(41)37-30-14-10-11-15-30)34(40)26-39(31-16-6-2-7-17-31)44(42,43)32-18-8-3-9-19-32/h1-9,12-13,16-23,30,33H,10-11,14-15,24-26H2,(H,37,41). The van der Waals surface area contributed by atoms with Gasteiger partial charge in [-0.3, -0.25) is 13.9 Å². The number of sulfonamides is 1. The van der Waals surface area contributed by atoms with Gasteiger partial charge < -0.3 is 10.2 Å². The first-order chi connectivity index (χ1) is 21.3. The summed E-state index contributed by atoms with van der Waals surface area (Å²) in [5.74, 6) is -0.706. The van der Waals surface area contributed by atoms with Crippen LogP contribution in [0.4, 0.5) is 5.69 Å². The largest absolute Gasteiger partial charge is 0.352 e. The van der Waals surface area contributed by atoms with E-state index < -0.39 is 28.5 Å². The Hall–Kier alpha value is -3.95. The van der Waals surface area contributed by atoms with Crippen molar-refractivity contribution in [3.8, 4) is 0 Å². The van der Waals surface area contributed by atoms with Crippen molar-refractivity contribution in [1.29, 1.82) is 0 Å². The summed E-state index contributed by atoms with van der Waals surface area (Å²) < 4.78 is 30.0. The number of nitrogens with one attached hydrogen (secondary N) is 1. The van der Waals surface area contributed by atoms with Gasteiger partial charge in [0, 0.05) is 23.5 Å². The van der Waals surface area contributed by atoms with E-state index in [9.17, 15) is 18.0 Å². The van der Waals surface area contributed by atoms with E-state index in [0.29, 0.717) is 12.1 Å². The van der Waals surface area contributed by atoms with Crippen LogP contribution in [-0.4, -0.2) is 43.8 Å². The molecule has 44 heavy (non-hydrogen) atoms. The first-order valence-electron chi connectivity index (χ1n) is 14.8. The van der Waals surface area contributed by atoms with Crippen molar-refractivity contribution in [3.05, 3.63) is 131 Å². The van der Waals surface area contributed by atoms with Crippen LogP contribution in [0.25, 0.3) is 0 Å².